The molecule has 0 aliphatic carbocycles. The number of carbonyl (C=O) groups excluding carboxylic acids is 3. The molecule has 3 heterocycles. The summed E-state index contributed by atoms with van der Waals surface area (Å²) in [6.07, 6.45) is 4.83. The van der Waals surface area contributed by atoms with E-state index in [1.54, 1.807) is 11.0 Å². The number of amides is 3. The summed E-state index contributed by atoms with van der Waals surface area (Å²) in [5.41, 5.74) is 5.07. The van der Waals surface area contributed by atoms with E-state index in [1.807, 2.05) is 34.0 Å². The summed E-state index contributed by atoms with van der Waals surface area (Å²) >= 11 is 0.903. The first-order valence-corrected chi connectivity index (χ1v) is 12.1. The smallest absolute Gasteiger partial charge is 0.294 e. The number of thioether (sulfide) groups is 1. The van der Waals surface area contributed by atoms with Crippen LogP contribution < -0.4 is 4.90 Å². The molecule has 2 fully saturated rings. The van der Waals surface area contributed by atoms with Crippen LogP contribution in [0.4, 0.5) is 10.5 Å². The molecular weight excluding hydrogens is 436 g/mol. The van der Waals surface area contributed by atoms with Gasteiger partial charge in [-0.3, -0.25) is 19.3 Å². The van der Waals surface area contributed by atoms with Gasteiger partial charge in [0.15, 0.2) is 0 Å². The van der Waals surface area contributed by atoms with Gasteiger partial charge in [-0.15, -0.1) is 0 Å². The van der Waals surface area contributed by atoms with Gasteiger partial charge in [-0.1, -0.05) is 0 Å². The Hall–Kier alpha value is -3.00. The lowest BCUT2D eigenvalue weighted by molar-refractivity contribution is -0.136. The highest BCUT2D eigenvalue weighted by molar-refractivity contribution is 8.18. The van der Waals surface area contributed by atoms with Gasteiger partial charge in [-0.05, 0) is 86.8 Å². The van der Waals surface area contributed by atoms with E-state index in [0.29, 0.717) is 18.0 Å². The molecule has 7 nitrogen and oxygen atoms in total. The van der Waals surface area contributed by atoms with Crippen molar-refractivity contribution in [2.45, 2.75) is 33.1 Å². The van der Waals surface area contributed by atoms with E-state index < -0.39 is 5.91 Å². The number of nitrogens with zero attached hydrogens (tertiary/aromatic N) is 4. The van der Waals surface area contributed by atoms with Crippen molar-refractivity contribution in [1.82, 2.24) is 14.4 Å². The van der Waals surface area contributed by atoms with Gasteiger partial charge < -0.3 is 14.4 Å². The Labute approximate surface area is 199 Å². The summed E-state index contributed by atoms with van der Waals surface area (Å²) in [6, 6.07) is 10.3. The van der Waals surface area contributed by atoms with Crippen molar-refractivity contribution in [1.29, 1.82) is 0 Å². The Balaban J connectivity index is 1.54. The molecule has 0 bridgehead atoms. The fourth-order valence-corrected chi connectivity index (χ4v) is 5.22. The number of imide groups is 1. The molecular formula is C25H30N4O3S. The zero-order valence-corrected chi connectivity index (χ0v) is 20.4. The number of aryl methyl sites for hydroxylation is 1. The zero-order valence-electron chi connectivity index (χ0n) is 19.6. The van der Waals surface area contributed by atoms with Crippen LogP contribution in [-0.2, 0) is 9.59 Å². The van der Waals surface area contributed by atoms with Gasteiger partial charge in [0.25, 0.3) is 11.1 Å². The van der Waals surface area contributed by atoms with Crippen LogP contribution in [0, 0.1) is 13.8 Å². The number of piperidine rings is 1. The maximum Gasteiger partial charge on any atom is 0.294 e. The monoisotopic (exact) mass is 466 g/mol. The highest BCUT2D eigenvalue weighted by atomic mass is 32.2. The molecule has 0 unspecified atom stereocenters. The normalized spacial score (nSPS) is 17.9. The van der Waals surface area contributed by atoms with E-state index in [2.05, 4.69) is 33.7 Å². The fourth-order valence-electron chi connectivity index (χ4n) is 4.39. The molecule has 2 saturated heterocycles. The van der Waals surface area contributed by atoms with E-state index in [9.17, 15) is 14.4 Å². The number of aromatic nitrogens is 1. The number of carbonyl (C=O) groups is 3. The molecule has 2 aromatic rings. The van der Waals surface area contributed by atoms with Gasteiger partial charge >= 0.3 is 0 Å². The molecule has 33 heavy (non-hydrogen) atoms. The third kappa shape index (κ3) is 4.71. The lowest BCUT2D eigenvalue weighted by Crippen LogP contribution is -2.44. The number of hydrogen-bond acceptors (Lipinski definition) is 5. The number of likely N-dealkylation sites (tertiary alicyclic amines) is 1. The maximum atomic E-state index is 12.9. The van der Waals surface area contributed by atoms with E-state index in [-0.39, 0.29) is 17.7 Å². The molecule has 4 rings (SSSR count). The standard InChI is InChI=1S/C25H30N4O3S/c1-17-14-19(18(2)29(17)21-10-8-20(9-11-21)26(3)4)15-22-24(31)28(25(32)33-22)16-23(30)27-12-6-5-7-13-27/h8-11,14-15H,5-7,12-13,16H2,1-4H3/b22-15-. The third-order valence-electron chi connectivity index (χ3n) is 6.26. The summed E-state index contributed by atoms with van der Waals surface area (Å²) in [7, 11) is 4.01. The average Bonchev–Trinajstić information content (AvgIpc) is 3.23. The van der Waals surface area contributed by atoms with E-state index in [1.165, 1.54) is 0 Å². The SMILES string of the molecule is Cc1cc(/C=C2\SC(=O)N(CC(=O)N3CCCCC3)C2=O)c(C)n1-c1ccc(N(C)C)cc1. The van der Waals surface area contributed by atoms with Crippen LogP contribution in [0.1, 0.15) is 36.2 Å². The Morgan fingerprint density at radius 2 is 1.73 bits per heavy atom. The number of anilines is 1. The van der Waals surface area contributed by atoms with Gasteiger partial charge in [-0.2, -0.15) is 0 Å². The summed E-state index contributed by atoms with van der Waals surface area (Å²) in [5.74, 6) is -0.548. The highest BCUT2D eigenvalue weighted by Gasteiger charge is 2.37. The molecule has 1 aromatic heterocycles. The molecule has 0 spiro atoms. The van der Waals surface area contributed by atoms with Gasteiger partial charge in [0.1, 0.15) is 6.54 Å². The van der Waals surface area contributed by atoms with Gasteiger partial charge in [0.2, 0.25) is 5.91 Å². The minimum absolute atomic E-state index is 0.155. The molecule has 8 heteroatoms. The fraction of sp³-hybridized carbons (Fsp3) is 0.400. The summed E-state index contributed by atoms with van der Waals surface area (Å²) in [5, 5.41) is -0.385. The molecule has 2 aliphatic heterocycles. The molecule has 174 valence electrons. The first-order valence-electron chi connectivity index (χ1n) is 11.3. The van der Waals surface area contributed by atoms with Crippen molar-refractivity contribution in [3.8, 4) is 5.69 Å². The number of hydrogen-bond donors (Lipinski definition) is 0. The van der Waals surface area contributed by atoms with Crippen molar-refractivity contribution in [2.24, 2.45) is 0 Å². The molecule has 2 aliphatic rings. The largest absolute Gasteiger partial charge is 0.378 e. The van der Waals surface area contributed by atoms with Crippen LogP contribution in [0.3, 0.4) is 0 Å². The Morgan fingerprint density at radius 1 is 1.06 bits per heavy atom. The van der Waals surface area contributed by atoms with Gasteiger partial charge in [0, 0.05) is 49.9 Å². The van der Waals surface area contributed by atoms with Crippen LogP contribution >= 0.6 is 11.8 Å². The Bertz CT molecular complexity index is 1110. The number of benzene rings is 1. The van der Waals surface area contributed by atoms with Crippen LogP contribution in [-0.4, -0.2) is 65.2 Å². The van der Waals surface area contributed by atoms with Crippen molar-refractivity contribution in [2.75, 3.05) is 38.6 Å². The molecule has 0 atom stereocenters. The van der Waals surface area contributed by atoms with Gasteiger partial charge in [0.05, 0.1) is 4.91 Å². The van der Waals surface area contributed by atoms with Crippen molar-refractivity contribution < 1.29 is 14.4 Å². The molecule has 1 aromatic carbocycles. The van der Waals surface area contributed by atoms with E-state index in [4.69, 9.17) is 0 Å². The lowest BCUT2D eigenvalue weighted by Gasteiger charge is -2.27. The second-order valence-electron chi connectivity index (χ2n) is 8.78. The second-order valence-corrected chi connectivity index (χ2v) is 9.78. The Morgan fingerprint density at radius 3 is 2.36 bits per heavy atom. The lowest BCUT2D eigenvalue weighted by atomic mass is 10.1. The van der Waals surface area contributed by atoms with Crippen molar-refractivity contribution >= 4 is 40.6 Å². The predicted molar refractivity (Wildman–Crippen MR) is 133 cm³/mol. The molecule has 3 amide bonds. The summed E-state index contributed by atoms with van der Waals surface area (Å²) in [6.45, 7) is 5.24. The summed E-state index contributed by atoms with van der Waals surface area (Å²) < 4.78 is 2.13. The quantitative estimate of drug-likeness (QED) is 0.618. The minimum Gasteiger partial charge on any atom is -0.378 e. The first-order chi connectivity index (χ1) is 15.8. The van der Waals surface area contributed by atoms with Crippen LogP contribution in [0.25, 0.3) is 11.8 Å². The average molecular weight is 467 g/mol. The van der Waals surface area contributed by atoms with Crippen molar-refractivity contribution in [3.63, 3.8) is 0 Å². The molecule has 0 N–H and O–H groups in total. The van der Waals surface area contributed by atoms with E-state index in [0.717, 1.165) is 64.3 Å². The molecule has 0 saturated carbocycles. The number of rotatable bonds is 5. The van der Waals surface area contributed by atoms with Crippen LogP contribution in [0.5, 0.6) is 0 Å². The Kier molecular flexibility index (Phi) is 6.65. The zero-order chi connectivity index (χ0) is 23.7. The maximum absolute atomic E-state index is 12.9. The van der Waals surface area contributed by atoms with Crippen molar-refractivity contribution in [3.05, 3.63) is 52.2 Å². The second kappa shape index (κ2) is 9.47. The van der Waals surface area contributed by atoms with Crippen LogP contribution in [0.15, 0.2) is 35.2 Å². The highest BCUT2D eigenvalue weighted by Crippen LogP contribution is 2.34. The van der Waals surface area contributed by atoms with Crippen LogP contribution in [0.2, 0.25) is 0 Å². The topological polar surface area (TPSA) is 65.9 Å². The third-order valence-corrected chi connectivity index (χ3v) is 7.16. The summed E-state index contributed by atoms with van der Waals surface area (Å²) in [4.78, 5) is 43.3. The first kappa shape index (κ1) is 23.2. The van der Waals surface area contributed by atoms with E-state index >= 15 is 0 Å². The molecule has 0 radical (unpaired) electrons. The minimum atomic E-state index is -0.393. The van der Waals surface area contributed by atoms with Gasteiger partial charge in [-0.25, -0.2) is 0 Å². The predicted octanol–water partition coefficient (Wildman–Crippen LogP) is 4.21.